The van der Waals surface area contributed by atoms with Gasteiger partial charge in [-0.05, 0) is 61.9 Å². The molecule has 2 heterocycles. The first-order chi connectivity index (χ1) is 17.2. The van der Waals surface area contributed by atoms with E-state index < -0.39 is 29.3 Å². The van der Waals surface area contributed by atoms with Crippen LogP contribution >= 0.6 is 0 Å². The maximum atomic E-state index is 13.3. The fourth-order valence-electron chi connectivity index (χ4n) is 6.87. The van der Waals surface area contributed by atoms with E-state index in [-0.39, 0.29) is 30.2 Å². The second-order valence-electron chi connectivity index (χ2n) is 10.6. The number of rotatable bonds is 7. The lowest BCUT2D eigenvalue weighted by molar-refractivity contribution is -0.191. The smallest absolute Gasteiger partial charge is 0.303 e. The Morgan fingerprint density at radius 2 is 1.78 bits per heavy atom. The fraction of sp³-hybridized carbons (Fsp3) is 0.593. The lowest BCUT2D eigenvalue weighted by Gasteiger charge is -2.52. The second kappa shape index (κ2) is 9.59. The van der Waals surface area contributed by atoms with E-state index in [1.807, 2.05) is 19.9 Å². The third kappa shape index (κ3) is 4.32. The first-order valence-electron chi connectivity index (χ1n) is 12.8. The number of hydroxylamine groups is 2. The molecular weight excluding hydrogens is 465 g/mol. The van der Waals surface area contributed by atoms with Crippen LogP contribution in [0.25, 0.3) is 0 Å². The highest BCUT2D eigenvalue weighted by Gasteiger charge is 2.68. The van der Waals surface area contributed by atoms with E-state index >= 15 is 0 Å². The Morgan fingerprint density at radius 1 is 1.08 bits per heavy atom. The third-order valence-corrected chi connectivity index (χ3v) is 8.21. The van der Waals surface area contributed by atoms with Crippen LogP contribution in [0.15, 0.2) is 35.9 Å². The third-order valence-electron chi connectivity index (χ3n) is 8.21. The van der Waals surface area contributed by atoms with E-state index in [4.69, 9.17) is 9.57 Å². The summed E-state index contributed by atoms with van der Waals surface area (Å²) >= 11 is 0. The molecule has 1 aromatic rings. The van der Waals surface area contributed by atoms with Crippen molar-refractivity contribution in [2.24, 2.45) is 23.7 Å². The molecule has 2 saturated heterocycles. The number of hydrogen-bond donors (Lipinski definition) is 0. The van der Waals surface area contributed by atoms with Crippen LogP contribution in [0.2, 0.25) is 0 Å². The minimum absolute atomic E-state index is 0.0464. The number of carbonyl (C=O) groups excluding carboxylic acids is 3. The highest BCUT2D eigenvalue weighted by atomic mass is 19.1. The van der Waals surface area contributed by atoms with E-state index in [2.05, 4.69) is 9.80 Å². The molecule has 3 unspecified atom stereocenters. The molecule has 6 rings (SSSR count). The minimum Gasteiger partial charge on any atom is -0.454 e. The van der Waals surface area contributed by atoms with Gasteiger partial charge in [-0.2, -0.15) is 5.06 Å². The standard InChI is InChI=1S/C27H34FN3O5/c1-17-15-27(36-19(3)32)16-18(2)22(17)23-24(27)26(34)31(25(23)33)35-14-4-9-29-10-12-30(13-11-29)21-7-5-20(28)6-8-21/h5-8,15,18,22-24H,4,9-14,16H2,1-3H3/t18?,22-,23?,24?,27-/m1/s1. The van der Waals surface area contributed by atoms with Gasteiger partial charge in [-0.1, -0.05) is 12.5 Å². The number of amides is 2. The van der Waals surface area contributed by atoms with Crippen molar-refractivity contribution in [2.45, 2.75) is 39.2 Å². The lowest BCUT2D eigenvalue weighted by atomic mass is 9.54. The van der Waals surface area contributed by atoms with E-state index in [0.29, 0.717) is 12.8 Å². The summed E-state index contributed by atoms with van der Waals surface area (Å²) in [6, 6.07) is 6.56. The van der Waals surface area contributed by atoms with Crippen molar-refractivity contribution < 1.29 is 28.3 Å². The molecule has 3 aliphatic carbocycles. The zero-order valence-corrected chi connectivity index (χ0v) is 21.1. The number of halogens is 1. The summed E-state index contributed by atoms with van der Waals surface area (Å²) in [5.41, 5.74) is 0.939. The molecule has 194 valence electrons. The van der Waals surface area contributed by atoms with Gasteiger partial charge in [0.15, 0.2) is 0 Å². The largest absolute Gasteiger partial charge is 0.454 e. The van der Waals surface area contributed by atoms with Crippen molar-refractivity contribution in [1.82, 2.24) is 9.96 Å². The van der Waals surface area contributed by atoms with Gasteiger partial charge >= 0.3 is 5.97 Å². The van der Waals surface area contributed by atoms with Gasteiger partial charge in [-0.15, -0.1) is 0 Å². The number of benzene rings is 1. The summed E-state index contributed by atoms with van der Waals surface area (Å²) in [7, 11) is 0. The molecule has 9 heteroatoms. The quantitative estimate of drug-likeness (QED) is 0.247. The van der Waals surface area contributed by atoms with Gasteiger partial charge in [-0.3, -0.25) is 24.1 Å². The molecular formula is C27H34FN3O5. The summed E-state index contributed by atoms with van der Waals surface area (Å²) in [4.78, 5) is 48.9. The van der Waals surface area contributed by atoms with Gasteiger partial charge in [-0.25, -0.2) is 4.39 Å². The van der Waals surface area contributed by atoms with E-state index in [1.54, 1.807) is 12.1 Å². The second-order valence-corrected chi connectivity index (χ2v) is 10.6. The minimum atomic E-state index is -1.08. The van der Waals surface area contributed by atoms with Crippen molar-refractivity contribution in [1.29, 1.82) is 0 Å². The Kier molecular flexibility index (Phi) is 6.63. The predicted octanol–water partition coefficient (Wildman–Crippen LogP) is 2.79. The number of esters is 1. The molecule has 0 spiro atoms. The van der Waals surface area contributed by atoms with Gasteiger partial charge in [0.25, 0.3) is 11.8 Å². The molecule has 0 radical (unpaired) electrons. The SMILES string of the molecule is CC(=O)O[C@]12C=C(C)[C@H](C(C)C1)C1C(=O)N(OCCCN3CCN(c4ccc(F)cc4)CC3)C(=O)C12. The number of ether oxygens (including phenoxy) is 1. The number of hydrogen-bond acceptors (Lipinski definition) is 7. The molecule has 36 heavy (non-hydrogen) atoms. The van der Waals surface area contributed by atoms with Gasteiger partial charge in [0, 0.05) is 45.3 Å². The maximum absolute atomic E-state index is 13.3. The molecule has 0 aromatic heterocycles. The van der Waals surface area contributed by atoms with E-state index in [1.165, 1.54) is 19.1 Å². The molecule has 5 atom stereocenters. The van der Waals surface area contributed by atoms with Gasteiger partial charge < -0.3 is 9.64 Å². The molecule has 2 aliphatic heterocycles. The van der Waals surface area contributed by atoms with Crippen molar-refractivity contribution in [3.63, 3.8) is 0 Å². The van der Waals surface area contributed by atoms with Crippen LogP contribution in [-0.2, 0) is 24.0 Å². The Hall–Kier alpha value is -2.78. The molecule has 5 aliphatic rings. The number of carbonyl (C=O) groups is 3. The number of allylic oxidation sites excluding steroid dienone is 1. The summed E-state index contributed by atoms with van der Waals surface area (Å²) < 4.78 is 18.9. The molecule has 2 amide bonds. The Balaban J connectivity index is 1.15. The summed E-state index contributed by atoms with van der Waals surface area (Å²) in [5.74, 6) is -2.61. The zero-order chi connectivity index (χ0) is 25.6. The maximum Gasteiger partial charge on any atom is 0.303 e. The van der Waals surface area contributed by atoms with Crippen LogP contribution in [0.3, 0.4) is 0 Å². The van der Waals surface area contributed by atoms with E-state index in [9.17, 15) is 18.8 Å². The number of imide groups is 1. The number of piperazine rings is 1. The first kappa shape index (κ1) is 24.9. The average molecular weight is 500 g/mol. The van der Waals surface area contributed by atoms with Crippen molar-refractivity contribution >= 4 is 23.5 Å². The van der Waals surface area contributed by atoms with Crippen molar-refractivity contribution in [3.05, 3.63) is 41.7 Å². The van der Waals surface area contributed by atoms with Crippen LogP contribution < -0.4 is 4.90 Å². The Morgan fingerprint density at radius 3 is 2.42 bits per heavy atom. The van der Waals surface area contributed by atoms with Crippen molar-refractivity contribution in [2.75, 3.05) is 44.2 Å². The van der Waals surface area contributed by atoms with Crippen molar-refractivity contribution in [3.8, 4) is 0 Å². The fourth-order valence-corrected chi connectivity index (χ4v) is 6.87. The van der Waals surface area contributed by atoms with Gasteiger partial charge in [0.05, 0.1) is 18.4 Å². The molecule has 3 fully saturated rings. The van der Waals surface area contributed by atoms with Crippen LogP contribution in [-0.4, -0.2) is 72.7 Å². The highest BCUT2D eigenvalue weighted by molar-refractivity contribution is 6.05. The van der Waals surface area contributed by atoms with Gasteiger partial charge in [0.1, 0.15) is 11.4 Å². The average Bonchev–Trinajstić information content (AvgIpc) is 3.08. The number of fused-ring (bicyclic) bond motifs is 1. The Bertz CT molecular complexity index is 1070. The number of nitrogens with zero attached hydrogens (tertiary/aromatic N) is 3. The topological polar surface area (TPSA) is 79.4 Å². The first-order valence-corrected chi connectivity index (χ1v) is 12.8. The number of anilines is 1. The Labute approximate surface area is 210 Å². The zero-order valence-electron chi connectivity index (χ0n) is 21.1. The van der Waals surface area contributed by atoms with E-state index in [0.717, 1.165) is 49.0 Å². The predicted molar refractivity (Wildman–Crippen MR) is 130 cm³/mol. The van der Waals surface area contributed by atoms with Crippen LogP contribution in [0, 0.1) is 29.5 Å². The summed E-state index contributed by atoms with van der Waals surface area (Å²) in [6.45, 7) is 9.83. The lowest BCUT2D eigenvalue weighted by Crippen LogP contribution is -2.57. The normalized spacial score (nSPS) is 32.1. The summed E-state index contributed by atoms with van der Waals surface area (Å²) in [5, 5.41) is 0.942. The van der Waals surface area contributed by atoms with Gasteiger partial charge in [0.2, 0.25) is 0 Å². The highest BCUT2D eigenvalue weighted by Crippen LogP contribution is 2.58. The summed E-state index contributed by atoms with van der Waals surface area (Å²) in [6.07, 6.45) is 3.10. The molecule has 0 N–H and O–H groups in total. The van der Waals surface area contributed by atoms with Crippen LogP contribution in [0.1, 0.15) is 33.6 Å². The molecule has 2 bridgehead atoms. The van der Waals surface area contributed by atoms with Crippen LogP contribution in [0.4, 0.5) is 10.1 Å². The molecule has 1 aromatic carbocycles. The monoisotopic (exact) mass is 499 g/mol. The molecule has 8 nitrogen and oxygen atoms in total. The van der Waals surface area contributed by atoms with Crippen LogP contribution in [0.5, 0.6) is 0 Å². The molecule has 1 saturated carbocycles.